The van der Waals surface area contributed by atoms with Crippen LogP contribution in [0, 0.1) is 5.92 Å². The van der Waals surface area contributed by atoms with E-state index < -0.39 is 0 Å². The highest BCUT2D eigenvalue weighted by Crippen LogP contribution is 2.02. The molecule has 21 heavy (non-hydrogen) atoms. The summed E-state index contributed by atoms with van der Waals surface area (Å²) in [5.41, 5.74) is 5.34. The van der Waals surface area contributed by atoms with Gasteiger partial charge in [0.1, 0.15) is 0 Å². The number of amides is 2. The zero-order chi connectivity index (χ0) is 15.9. The van der Waals surface area contributed by atoms with Crippen LogP contribution in [0.5, 0.6) is 0 Å². The molecule has 1 atom stereocenters. The van der Waals surface area contributed by atoms with Gasteiger partial charge in [-0.05, 0) is 6.42 Å². The van der Waals surface area contributed by atoms with Crippen LogP contribution in [0.25, 0.3) is 0 Å². The van der Waals surface area contributed by atoms with E-state index in [0.717, 1.165) is 19.4 Å². The summed E-state index contributed by atoms with van der Waals surface area (Å²) >= 11 is 0. The molecule has 5 N–H and O–H groups in total. The first-order valence-corrected chi connectivity index (χ1v) is 8.07. The number of hydrogen-bond donors (Lipinski definition) is 4. The Morgan fingerprint density at radius 1 is 1.00 bits per heavy atom. The SMILES string of the molecule is CCCCCCNC(=O)[C@@H](C)CC(=O)NCCNCCN. The highest BCUT2D eigenvalue weighted by Gasteiger charge is 2.16. The van der Waals surface area contributed by atoms with Crippen molar-refractivity contribution in [3.63, 3.8) is 0 Å². The second kappa shape index (κ2) is 13.8. The van der Waals surface area contributed by atoms with Gasteiger partial charge in [-0.3, -0.25) is 9.59 Å². The number of hydrogen-bond acceptors (Lipinski definition) is 4. The Balaban J connectivity index is 3.62. The van der Waals surface area contributed by atoms with Gasteiger partial charge in [-0.25, -0.2) is 0 Å². The van der Waals surface area contributed by atoms with E-state index in [-0.39, 0.29) is 24.2 Å². The summed E-state index contributed by atoms with van der Waals surface area (Å²) in [6.45, 7) is 7.23. The standard InChI is InChI=1S/C15H32N4O2/c1-3-4-5-6-8-19-15(21)13(2)12-14(20)18-11-10-17-9-7-16/h13,17H,3-12,16H2,1-2H3,(H,18,20)(H,19,21)/t13-/m0/s1. The van der Waals surface area contributed by atoms with E-state index in [1.165, 1.54) is 12.8 Å². The maximum absolute atomic E-state index is 11.8. The minimum atomic E-state index is -0.284. The molecule has 0 rings (SSSR count). The van der Waals surface area contributed by atoms with Crippen LogP contribution in [0.15, 0.2) is 0 Å². The molecule has 0 aromatic rings. The summed E-state index contributed by atoms with van der Waals surface area (Å²) in [7, 11) is 0. The Hall–Kier alpha value is -1.14. The van der Waals surface area contributed by atoms with Crippen molar-refractivity contribution in [2.75, 3.05) is 32.7 Å². The fourth-order valence-electron chi connectivity index (χ4n) is 1.90. The summed E-state index contributed by atoms with van der Waals surface area (Å²) in [6.07, 6.45) is 4.76. The third-order valence-corrected chi connectivity index (χ3v) is 3.21. The zero-order valence-corrected chi connectivity index (χ0v) is 13.5. The molecule has 0 unspecified atom stereocenters. The minimum absolute atomic E-state index is 0.0390. The molecular formula is C15H32N4O2. The number of carbonyl (C=O) groups is 2. The number of unbranched alkanes of at least 4 members (excludes halogenated alkanes) is 3. The first-order chi connectivity index (χ1) is 10.1. The second-order valence-electron chi connectivity index (χ2n) is 5.35. The third-order valence-electron chi connectivity index (χ3n) is 3.21. The maximum atomic E-state index is 11.8. The van der Waals surface area contributed by atoms with E-state index >= 15 is 0 Å². The van der Waals surface area contributed by atoms with E-state index in [1.807, 2.05) is 0 Å². The molecule has 0 aromatic carbocycles. The fraction of sp³-hybridized carbons (Fsp3) is 0.867. The van der Waals surface area contributed by atoms with Crippen molar-refractivity contribution in [3.05, 3.63) is 0 Å². The lowest BCUT2D eigenvalue weighted by Gasteiger charge is -2.12. The van der Waals surface area contributed by atoms with E-state index in [2.05, 4.69) is 22.9 Å². The maximum Gasteiger partial charge on any atom is 0.223 e. The van der Waals surface area contributed by atoms with Crippen molar-refractivity contribution < 1.29 is 9.59 Å². The highest BCUT2D eigenvalue weighted by atomic mass is 16.2. The number of carbonyl (C=O) groups excluding carboxylic acids is 2. The summed E-state index contributed by atoms with van der Waals surface area (Å²) in [6, 6.07) is 0. The number of nitrogens with one attached hydrogen (secondary N) is 3. The van der Waals surface area contributed by atoms with Crippen molar-refractivity contribution in [1.29, 1.82) is 0 Å². The van der Waals surface area contributed by atoms with E-state index in [4.69, 9.17) is 5.73 Å². The van der Waals surface area contributed by atoms with E-state index in [9.17, 15) is 9.59 Å². The quantitative estimate of drug-likeness (QED) is 0.370. The molecule has 0 spiro atoms. The van der Waals surface area contributed by atoms with Crippen LogP contribution in [0.1, 0.15) is 46.0 Å². The molecule has 0 radical (unpaired) electrons. The zero-order valence-electron chi connectivity index (χ0n) is 13.5. The Morgan fingerprint density at radius 3 is 2.43 bits per heavy atom. The Morgan fingerprint density at radius 2 is 1.76 bits per heavy atom. The lowest BCUT2D eigenvalue weighted by atomic mass is 10.1. The van der Waals surface area contributed by atoms with Gasteiger partial charge < -0.3 is 21.7 Å². The first kappa shape index (κ1) is 19.9. The van der Waals surface area contributed by atoms with Gasteiger partial charge in [0.25, 0.3) is 0 Å². The van der Waals surface area contributed by atoms with Crippen LogP contribution < -0.4 is 21.7 Å². The molecule has 0 aliphatic carbocycles. The summed E-state index contributed by atoms with van der Waals surface area (Å²) in [5, 5.41) is 8.77. The van der Waals surface area contributed by atoms with Crippen LogP contribution in [-0.2, 0) is 9.59 Å². The van der Waals surface area contributed by atoms with Crippen LogP contribution in [-0.4, -0.2) is 44.5 Å². The minimum Gasteiger partial charge on any atom is -0.356 e. The largest absolute Gasteiger partial charge is 0.356 e. The fourth-order valence-corrected chi connectivity index (χ4v) is 1.90. The van der Waals surface area contributed by atoms with Crippen LogP contribution in [0.2, 0.25) is 0 Å². The molecule has 0 aliphatic heterocycles. The molecule has 0 bridgehead atoms. The molecular weight excluding hydrogens is 268 g/mol. The van der Waals surface area contributed by atoms with Gasteiger partial charge in [0.15, 0.2) is 0 Å². The molecule has 0 fully saturated rings. The average molecular weight is 300 g/mol. The summed E-state index contributed by atoms with van der Waals surface area (Å²) < 4.78 is 0. The molecule has 0 saturated heterocycles. The summed E-state index contributed by atoms with van der Waals surface area (Å²) in [4.78, 5) is 23.5. The van der Waals surface area contributed by atoms with Gasteiger partial charge in [0.05, 0.1) is 0 Å². The van der Waals surface area contributed by atoms with Crippen molar-refractivity contribution in [1.82, 2.24) is 16.0 Å². The predicted octanol–water partition coefficient (Wildman–Crippen LogP) is 0.374. The molecule has 0 aromatic heterocycles. The van der Waals surface area contributed by atoms with E-state index in [1.54, 1.807) is 6.92 Å². The number of rotatable bonds is 13. The van der Waals surface area contributed by atoms with Crippen molar-refractivity contribution in [3.8, 4) is 0 Å². The Bertz CT molecular complexity index is 285. The summed E-state index contributed by atoms with van der Waals surface area (Å²) in [5.74, 6) is -0.408. The normalized spacial score (nSPS) is 12.0. The average Bonchev–Trinajstić information content (AvgIpc) is 2.46. The lowest BCUT2D eigenvalue weighted by molar-refractivity contribution is -0.129. The van der Waals surface area contributed by atoms with Gasteiger partial charge in [0, 0.05) is 45.1 Å². The smallest absolute Gasteiger partial charge is 0.223 e. The predicted molar refractivity (Wildman–Crippen MR) is 85.9 cm³/mol. The van der Waals surface area contributed by atoms with E-state index in [0.29, 0.717) is 26.2 Å². The Labute approximate surface area is 128 Å². The molecule has 124 valence electrons. The lowest BCUT2D eigenvalue weighted by Crippen LogP contribution is -2.37. The van der Waals surface area contributed by atoms with Crippen molar-refractivity contribution >= 4 is 11.8 Å². The molecule has 2 amide bonds. The topological polar surface area (TPSA) is 96.2 Å². The third kappa shape index (κ3) is 12.3. The molecule has 0 aliphatic rings. The molecule has 6 nitrogen and oxygen atoms in total. The van der Waals surface area contributed by atoms with Crippen molar-refractivity contribution in [2.24, 2.45) is 11.7 Å². The van der Waals surface area contributed by atoms with Gasteiger partial charge in [-0.1, -0.05) is 33.1 Å². The first-order valence-electron chi connectivity index (χ1n) is 8.07. The van der Waals surface area contributed by atoms with Crippen LogP contribution >= 0.6 is 0 Å². The van der Waals surface area contributed by atoms with Gasteiger partial charge >= 0.3 is 0 Å². The van der Waals surface area contributed by atoms with Crippen LogP contribution in [0.3, 0.4) is 0 Å². The van der Waals surface area contributed by atoms with Crippen LogP contribution in [0.4, 0.5) is 0 Å². The highest BCUT2D eigenvalue weighted by molar-refractivity contribution is 5.85. The molecule has 0 saturated carbocycles. The molecule has 0 heterocycles. The molecule has 6 heteroatoms. The second-order valence-corrected chi connectivity index (χ2v) is 5.35. The van der Waals surface area contributed by atoms with Gasteiger partial charge in [0.2, 0.25) is 11.8 Å². The number of nitrogens with two attached hydrogens (primary N) is 1. The van der Waals surface area contributed by atoms with Gasteiger partial charge in [-0.15, -0.1) is 0 Å². The monoisotopic (exact) mass is 300 g/mol. The Kier molecular flexibility index (Phi) is 13.1. The van der Waals surface area contributed by atoms with Crippen molar-refractivity contribution in [2.45, 2.75) is 46.0 Å². The van der Waals surface area contributed by atoms with Gasteiger partial charge in [-0.2, -0.15) is 0 Å².